The predicted octanol–water partition coefficient (Wildman–Crippen LogP) is 6.16. The molecule has 8 nitrogen and oxygen atoms in total. The Bertz CT molecular complexity index is 1500. The number of carbonyl (C=O) groups is 1. The smallest absolute Gasteiger partial charge is 0.257 e. The minimum Gasteiger partial charge on any atom is -0.490 e. The number of nitrogens with one attached hydrogen (secondary N) is 1. The number of aromatic nitrogens is 1. The number of hydrogen-bond acceptors (Lipinski definition) is 7. The van der Waals surface area contributed by atoms with Gasteiger partial charge in [0.15, 0.2) is 22.2 Å². The van der Waals surface area contributed by atoms with Gasteiger partial charge in [-0.05, 0) is 56.2 Å². The molecule has 1 fully saturated rings. The van der Waals surface area contributed by atoms with Crippen molar-refractivity contribution < 1.29 is 22.4 Å². The predicted molar refractivity (Wildman–Crippen MR) is 145 cm³/mol. The summed E-state index contributed by atoms with van der Waals surface area (Å²) in [4.78, 5) is 17.5. The molecule has 1 aliphatic carbocycles. The number of carbonyl (C=O) groups excluding carboxylic acids is 1. The number of anilines is 1. The fourth-order valence-corrected chi connectivity index (χ4v) is 6.74. The molecule has 1 saturated carbocycles. The summed E-state index contributed by atoms with van der Waals surface area (Å²) in [6.07, 6.45) is 5.02. The van der Waals surface area contributed by atoms with Crippen molar-refractivity contribution in [2.24, 2.45) is 0 Å². The lowest BCUT2D eigenvalue weighted by atomic mass is 9.96. The van der Waals surface area contributed by atoms with Crippen molar-refractivity contribution in [2.45, 2.75) is 50.0 Å². The van der Waals surface area contributed by atoms with Crippen molar-refractivity contribution in [1.82, 2.24) is 9.29 Å². The molecule has 2 aromatic carbocycles. The second kappa shape index (κ2) is 10.6. The largest absolute Gasteiger partial charge is 0.490 e. The molecular formula is C27H29N3O5S2. The van der Waals surface area contributed by atoms with Gasteiger partial charge in [0.05, 0.1) is 11.5 Å². The van der Waals surface area contributed by atoms with Crippen LogP contribution in [0.3, 0.4) is 0 Å². The third kappa shape index (κ3) is 5.27. The van der Waals surface area contributed by atoms with E-state index in [1.54, 1.807) is 7.05 Å². The van der Waals surface area contributed by atoms with E-state index in [1.165, 1.54) is 39.9 Å². The Balaban J connectivity index is 1.28. The molecule has 0 aliphatic heterocycles. The molecule has 0 radical (unpaired) electrons. The van der Waals surface area contributed by atoms with Gasteiger partial charge < -0.3 is 9.15 Å². The molecule has 0 spiro atoms. The van der Waals surface area contributed by atoms with E-state index in [0.29, 0.717) is 40.1 Å². The summed E-state index contributed by atoms with van der Waals surface area (Å²) >= 11 is 1.28. The van der Waals surface area contributed by atoms with E-state index in [-0.39, 0.29) is 16.8 Å². The zero-order chi connectivity index (χ0) is 26.0. The summed E-state index contributed by atoms with van der Waals surface area (Å²) in [6, 6.07) is 13.7. The van der Waals surface area contributed by atoms with Crippen LogP contribution in [0.4, 0.5) is 5.13 Å². The number of sulfonamides is 1. The normalized spacial score (nSPS) is 14.8. The fraction of sp³-hybridized carbons (Fsp3) is 0.333. The third-order valence-corrected chi connectivity index (χ3v) is 9.35. The summed E-state index contributed by atoms with van der Waals surface area (Å²) in [5, 5.41) is 5.92. The van der Waals surface area contributed by atoms with Crippen LogP contribution in [0.1, 0.15) is 49.4 Å². The lowest BCUT2D eigenvalue weighted by Gasteiger charge is -2.30. The lowest BCUT2D eigenvalue weighted by molar-refractivity contribution is 0.102. The van der Waals surface area contributed by atoms with Gasteiger partial charge in [-0.1, -0.05) is 31.4 Å². The highest BCUT2D eigenvalue weighted by atomic mass is 32.2. The monoisotopic (exact) mass is 539 g/mol. The molecule has 2 aromatic heterocycles. The van der Waals surface area contributed by atoms with Gasteiger partial charge in [0, 0.05) is 29.4 Å². The molecule has 10 heteroatoms. The van der Waals surface area contributed by atoms with E-state index in [2.05, 4.69) is 10.3 Å². The first-order chi connectivity index (χ1) is 17.9. The van der Waals surface area contributed by atoms with Gasteiger partial charge in [-0.2, -0.15) is 4.31 Å². The number of fused-ring (bicyclic) bond motifs is 1. The van der Waals surface area contributed by atoms with E-state index < -0.39 is 10.0 Å². The van der Waals surface area contributed by atoms with E-state index >= 15 is 0 Å². The number of nitrogens with zero attached hydrogens (tertiary/aromatic N) is 2. The Morgan fingerprint density at radius 1 is 1.16 bits per heavy atom. The summed E-state index contributed by atoms with van der Waals surface area (Å²) in [6.45, 7) is 2.45. The highest BCUT2D eigenvalue weighted by Gasteiger charge is 2.29. The SMILES string of the molecule is CCOc1cccc2cc(-c3csc(NC(=O)c4ccc(S(=O)(=O)N(C)C5CCCCC5)cc4)n3)oc12. The van der Waals surface area contributed by atoms with Crippen molar-refractivity contribution in [1.29, 1.82) is 0 Å². The van der Waals surface area contributed by atoms with Crippen LogP contribution in [0, 0.1) is 0 Å². The average molecular weight is 540 g/mol. The molecule has 37 heavy (non-hydrogen) atoms. The zero-order valence-corrected chi connectivity index (χ0v) is 22.4. The highest BCUT2D eigenvalue weighted by molar-refractivity contribution is 7.89. The number of benzene rings is 2. The van der Waals surface area contributed by atoms with Gasteiger partial charge in [0.1, 0.15) is 5.69 Å². The van der Waals surface area contributed by atoms with Crippen LogP contribution in [0.5, 0.6) is 5.75 Å². The molecule has 0 bridgehead atoms. The number of hydrogen-bond donors (Lipinski definition) is 1. The van der Waals surface area contributed by atoms with E-state index in [1.807, 2.05) is 36.6 Å². The van der Waals surface area contributed by atoms with Gasteiger partial charge in [0.25, 0.3) is 5.91 Å². The van der Waals surface area contributed by atoms with E-state index in [4.69, 9.17) is 9.15 Å². The molecule has 0 atom stereocenters. The molecule has 194 valence electrons. The van der Waals surface area contributed by atoms with Crippen molar-refractivity contribution in [3.05, 3.63) is 59.5 Å². The van der Waals surface area contributed by atoms with Gasteiger partial charge in [0.2, 0.25) is 10.0 Å². The Labute approximate surface area is 220 Å². The third-order valence-electron chi connectivity index (χ3n) is 6.67. The number of rotatable bonds is 8. The van der Waals surface area contributed by atoms with Crippen molar-refractivity contribution in [3.63, 3.8) is 0 Å². The minimum absolute atomic E-state index is 0.0262. The summed E-state index contributed by atoms with van der Waals surface area (Å²) in [7, 11) is -1.97. The van der Waals surface area contributed by atoms with Crippen molar-refractivity contribution in [3.8, 4) is 17.2 Å². The van der Waals surface area contributed by atoms with Crippen LogP contribution >= 0.6 is 11.3 Å². The standard InChI is InChI=1S/C27H29N3O5S2/c1-3-34-23-11-7-8-19-16-24(35-25(19)23)22-17-36-27(28-22)29-26(31)18-12-14-21(15-13-18)37(32,33)30(2)20-9-5-4-6-10-20/h7-8,11-17,20H,3-6,9-10H2,1-2H3,(H,28,29,31). The first-order valence-corrected chi connectivity index (χ1v) is 14.7. The molecule has 4 aromatic rings. The lowest BCUT2D eigenvalue weighted by Crippen LogP contribution is -2.38. The number of furan rings is 1. The quantitative estimate of drug-likeness (QED) is 0.288. The first kappa shape index (κ1) is 25.4. The van der Waals surface area contributed by atoms with Crippen LogP contribution in [-0.2, 0) is 10.0 Å². The number of thiazole rings is 1. The first-order valence-electron chi connectivity index (χ1n) is 12.4. The van der Waals surface area contributed by atoms with Gasteiger partial charge in [-0.25, -0.2) is 13.4 Å². The molecule has 0 saturated heterocycles. The fourth-order valence-electron chi connectivity index (χ4n) is 4.63. The summed E-state index contributed by atoms with van der Waals surface area (Å²) in [5.74, 6) is 0.884. The second-order valence-electron chi connectivity index (χ2n) is 9.05. The molecule has 0 unspecified atom stereocenters. The van der Waals surface area contributed by atoms with E-state index in [0.717, 1.165) is 37.5 Å². The van der Waals surface area contributed by atoms with Crippen LogP contribution < -0.4 is 10.1 Å². The molecule has 1 aliphatic rings. The summed E-state index contributed by atoms with van der Waals surface area (Å²) < 4.78 is 39.2. The Kier molecular flexibility index (Phi) is 7.32. The molecule has 1 amide bonds. The average Bonchev–Trinajstić information content (AvgIpc) is 3.56. The topological polar surface area (TPSA) is 102 Å². The maximum absolute atomic E-state index is 13.1. The minimum atomic E-state index is -3.61. The molecule has 1 N–H and O–H groups in total. The van der Waals surface area contributed by atoms with Gasteiger partial charge in [-0.3, -0.25) is 10.1 Å². The Hall–Kier alpha value is -3.21. The highest BCUT2D eigenvalue weighted by Crippen LogP contribution is 2.35. The van der Waals surface area contributed by atoms with Crippen LogP contribution in [0.2, 0.25) is 0 Å². The summed E-state index contributed by atoms with van der Waals surface area (Å²) in [5.41, 5.74) is 1.61. The van der Waals surface area contributed by atoms with Crippen molar-refractivity contribution in [2.75, 3.05) is 19.0 Å². The number of ether oxygens (including phenoxy) is 1. The maximum Gasteiger partial charge on any atom is 0.257 e. The van der Waals surface area contributed by atoms with Gasteiger partial charge in [-0.15, -0.1) is 11.3 Å². The molecule has 2 heterocycles. The molecule has 5 rings (SSSR count). The number of para-hydroxylation sites is 1. The second-order valence-corrected chi connectivity index (χ2v) is 11.9. The van der Waals surface area contributed by atoms with Crippen molar-refractivity contribution >= 4 is 43.4 Å². The Morgan fingerprint density at radius 3 is 2.65 bits per heavy atom. The van der Waals surface area contributed by atoms with Crippen LogP contribution in [-0.4, -0.2) is 43.3 Å². The zero-order valence-electron chi connectivity index (χ0n) is 20.8. The molecular weight excluding hydrogens is 510 g/mol. The van der Waals surface area contributed by atoms with Gasteiger partial charge >= 0.3 is 0 Å². The van der Waals surface area contributed by atoms with Crippen LogP contribution in [0.15, 0.2) is 63.2 Å². The van der Waals surface area contributed by atoms with E-state index in [9.17, 15) is 13.2 Å². The maximum atomic E-state index is 13.1. The van der Waals surface area contributed by atoms with Crippen LogP contribution in [0.25, 0.3) is 22.4 Å². The number of amides is 1. The Morgan fingerprint density at radius 2 is 1.92 bits per heavy atom.